The molecule has 0 aromatic heterocycles. The number of benzene rings is 1. The van der Waals surface area contributed by atoms with Gasteiger partial charge in [-0.25, -0.2) is 0 Å². The van der Waals surface area contributed by atoms with E-state index in [0.717, 1.165) is 0 Å². The normalized spacial score (nSPS) is 7.55. The zero-order chi connectivity index (χ0) is 8.53. The molecule has 0 aliphatic heterocycles. The molecule has 0 unspecified atom stereocenters. The molecule has 2 N–H and O–H groups in total. The van der Waals surface area contributed by atoms with Crippen LogP contribution in [0.4, 0.5) is 0 Å². The summed E-state index contributed by atoms with van der Waals surface area (Å²) in [6.07, 6.45) is 0. The summed E-state index contributed by atoms with van der Waals surface area (Å²) in [4.78, 5) is 0. The minimum atomic E-state index is 0.0650. The number of nitrogens with two attached hydrogens (primary N) is 1. The zero-order valence-electron chi connectivity index (χ0n) is 6.13. The van der Waals surface area contributed by atoms with Crippen LogP contribution in [0.1, 0.15) is 5.56 Å². The van der Waals surface area contributed by atoms with Crippen molar-refractivity contribution in [2.24, 2.45) is 5.73 Å². The van der Waals surface area contributed by atoms with Crippen LogP contribution in [0, 0.1) is 0 Å². The van der Waals surface area contributed by atoms with E-state index in [0.29, 0.717) is 6.54 Å². The van der Waals surface area contributed by atoms with Gasteiger partial charge in [-0.15, -0.1) is 0 Å². The Morgan fingerprint density at radius 3 is 1.91 bits per heavy atom. The second-order valence-corrected chi connectivity index (χ2v) is 25.3. The van der Waals surface area contributed by atoms with E-state index in [1.165, 1.54) is 5.56 Å². The van der Waals surface area contributed by atoms with Gasteiger partial charge in [-0.1, -0.05) is 30.3 Å². The van der Waals surface area contributed by atoms with Crippen LogP contribution in [0.3, 0.4) is 0 Å². The monoisotopic (exact) mass is 425 g/mol. The van der Waals surface area contributed by atoms with Crippen LogP contribution in [0.5, 0.6) is 0 Å². The molecule has 0 aliphatic rings. The summed E-state index contributed by atoms with van der Waals surface area (Å²) >= 11 is 4.93. The summed E-state index contributed by atoms with van der Waals surface area (Å²) in [6.45, 7) is 0.640. The topological polar surface area (TPSA) is 26.0 Å². The molecule has 0 heterocycles. The Morgan fingerprint density at radius 1 is 1.18 bits per heavy atom. The molecular weight excluding hydrogens is 417 g/mol. The number of hydrogen-bond acceptors (Lipinski definition) is 1. The van der Waals surface area contributed by atoms with Crippen LogP contribution in [0.2, 0.25) is 0 Å². The predicted octanol–water partition coefficient (Wildman–Crippen LogP) is 2.91. The Hall–Kier alpha value is 1.26. The molecule has 0 spiro atoms. The molecule has 4 heteroatoms. The van der Waals surface area contributed by atoms with Gasteiger partial charge in [0.2, 0.25) is 0 Å². The van der Waals surface area contributed by atoms with Crippen molar-refractivity contribution in [3.05, 3.63) is 35.9 Å². The molecule has 0 bridgehead atoms. The molecule has 0 radical (unpaired) electrons. The van der Waals surface area contributed by atoms with Crippen molar-refractivity contribution in [2.75, 3.05) is 0 Å². The molecule has 1 nitrogen and oxygen atoms in total. The van der Waals surface area contributed by atoms with Crippen molar-refractivity contribution in [2.45, 2.75) is 6.54 Å². The summed E-state index contributed by atoms with van der Waals surface area (Å²) in [5.74, 6) is 0. The summed E-state index contributed by atoms with van der Waals surface area (Å²) in [5.41, 5.74) is 6.54. The van der Waals surface area contributed by atoms with Gasteiger partial charge in [0.25, 0.3) is 0 Å². The van der Waals surface area contributed by atoms with Crippen LogP contribution in [0.15, 0.2) is 30.3 Å². The Bertz CT molecular complexity index is 169. The van der Waals surface area contributed by atoms with E-state index in [4.69, 9.17) is 5.73 Å². The molecule has 58 valence electrons. The van der Waals surface area contributed by atoms with Crippen LogP contribution >= 0.6 is 39.5 Å². The summed E-state index contributed by atoms with van der Waals surface area (Å²) in [5, 5.41) is 0. The SMILES string of the molecule is NCc1ccccc1.[I][Zn][I]. The first-order valence-electron chi connectivity index (χ1n) is 3.21. The number of halogens is 2. The van der Waals surface area contributed by atoms with Gasteiger partial charge in [-0.2, -0.15) is 0 Å². The first-order valence-corrected chi connectivity index (χ1v) is 21.3. The van der Waals surface area contributed by atoms with Crippen molar-refractivity contribution in [1.82, 2.24) is 0 Å². The molecule has 0 amide bonds. The van der Waals surface area contributed by atoms with E-state index in [1.54, 1.807) is 0 Å². The maximum atomic E-state index is 5.35. The molecule has 11 heavy (non-hydrogen) atoms. The van der Waals surface area contributed by atoms with Gasteiger partial charge in [0.1, 0.15) is 0 Å². The number of rotatable bonds is 1. The Labute approximate surface area is 96.5 Å². The third kappa shape index (κ3) is 7.62. The fourth-order valence-electron chi connectivity index (χ4n) is 0.614. The average molecular weight is 426 g/mol. The van der Waals surface area contributed by atoms with Crippen molar-refractivity contribution in [1.29, 1.82) is 0 Å². The van der Waals surface area contributed by atoms with E-state index in [9.17, 15) is 0 Å². The van der Waals surface area contributed by atoms with E-state index >= 15 is 0 Å². The molecule has 0 saturated carbocycles. The van der Waals surface area contributed by atoms with E-state index < -0.39 is 0 Å². The van der Waals surface area contributed by atoms with Gasteiger partial charge in [0.15, 0.2) is 0 Å². The van der Waals surface area contributed by atoms with Gasteiger partial charge in [0, 0.05) is 6.54 Å². The third-order valence-electron chi connectivity index (χ3n) is 1.08. The average Bonchev–Trinajstić information content (AvgIpc) is 2.08. The zero-order valence-corrected chi connectivity index (χ0v) is 13.4. The van der Waals surface area contributed by atoms with E-state index in [2.05, 4.69) is 39.5 Å². The molecule has 1 aromatic rings. The number of hydrogen-bond donors (Lipinski definition) is 1. The second kappa shape index (κ2) is 9.35. The first-order chi connectivity index (χ1) is 5.35. The molecular formula is C7H9I2NZn. The standard InChI is InChI=1S/C7H9N.2HI.Zn/c8-6-7-4-2-1-3-5-7;;;/h1-5H,6,8H2;2*1H;/q;;;+2/p-2. The molecule has 1 rings (SSSR count). The van der Waals surface area contributed by atoms with Crippen molar-refractivity contribution in [3.8, 4) is 0 Å². The first kappa shape index (κ1) is 12.3. The summed E-state index contributed by atoms with van der Waals surface area (Å²) in [6, 6.07) is 9.99. The molecule has 0 saturated heterocycles. The molecule has 0 aliphatic carbocycles. The van der Waals surface area contributed by atoms with Crippen molar-refractivity contribution >= 4 is 39.5 Å². The summed E-state index contributed by atoms with van der Waals surface area (Å²) in [7, 11) is 0.0650. The van der Waals surface area contributed by atoms with Gasteiger partial charge in [-0.3, -0.25) is 0 Å². The van der Waals surface area contributed by atoms with Crippen LogP contribution in [0.25, 0.3) is 0 Å². The fraction of sp³-hybridized carbons (Fsp3) is 0.143. The predicted molar refractivity (Wildman–Crippen MR) is 62.4 cm³/mol. The van der Waals surface area contributed by atoms with Gasteiger partial charge in [0.05, 0.1) is 0 Å². The van der Waals surface area contributed by atoms with Crippen molar-refractivity contribution in [3.63, 3.8) is 0 Å². The maximum absolute atomic E-state index is 5.35. The molecule has 0 fully saturated rings. The van der Waals surface area contributed by atoms with E-state index in [-0.39, 0.29) is 10.1 Å². The van der Waals surface area contributed by atoms with E-state index in [1.807, 2.05) is 30.3 Å². The third-order valence-corrected chi connectivity index (χ3v) is 1.08. The fourth-order valence-corrected chi connectivity index (χ4v) is 0.614. The van der Waals surface area contributed by atoms with Crippen LogP contribution in [-0.4, -0.2) is 0 Å². The minimum absolute atomic E-state index is 0.0650. The Balaban J connectivity index is 0.000000292. The quantitative estimate of drug-likeness (QED) is 0.543. The van der Waals surface area contributed by atoms with Crippen molar-refractivity contribution < 1.29 is 10.1 Å². The van der Waals surface area contributed by atoms with Gasteiger partial charge in [-0.05, 0) is 5.56 Å². The second-order valence-electron chi connectivity index (χ2n) is 1.79. The molecule has 1 aromatic carbocycles. The Morgan fingerprint density at radius 2 is 1.64 bits per heavy atom. The van der Waals surface area contributed by atoms with Crippen LogP contribution < -0.4 is 5.73 Å². The van der Waals surface area contributed by atoms with Crippen LogP contribution in [-0.2, 0) is 16.6 Å². The van der Waals surface area contributed by atoms with Gasteiger partial charge < -0.3 is 5.73 Å². The summed E-state index contributed by atoms with van der Waals surface area (Å²) < 4.78 is 0. The van der Waals surface area contributed by atoms with Gasteiger partial charge >= 0.3 is 49.6 Å². The molecule has 0 atom stereocenters. The Kier molecular flexibility index (Phi) is 10.4.